The number of aryl methyl sites for hydroxylation is 1. The smallest absolute Gasteiger partial charge is 0.356 e. The summed E-state index contributed by atoms with van der Waals surface area (Å²) in [6.45, 7) is 2.80. The number of hydrogen-bond donors (Lipinski definition) is 2. The second-order valence-corrected chi connectivity index (χ2v) is 6.70. The van der Waals surface area contributed by atoms with Crippen LogP contribution < -0.4 is 0 Å². The van der Waals surface area contributed by atoms with Gasteiger partial charge in [-0.2, -0.15) is 5.21 Å². The van der Waals surface area contributed by atoms with Crippen molar-refractivity contribution in [3.63, 3.8) is 0 Å². The lowest BCUT2D eigenvalue weighted by molar-refractivity contribution is 0.0691. The highest BCUT2D eigenvalue weighted by molar-refractivity contribution is 5.85. The molecule has 0 saturated carbocycles. The van der Waals surface area contributed by atoms with Crippen molar-refractivity contribution in [2.45, 2.75) is 26.3 Å². The first-order valence-electron chi connectivity index (χ1n) is 9.37. The van der Waals surface area contributed by atoms with E-state index in [9.17, 15) is 9.90 Å². The van der Waals surface area contributed by atoms with E-state index < -0.39 is 5.97 Å². The molecule has 4 aromatic rings. The summed E-state index contributed by atoms with van der Waals surface area (Å²) in [5.74, 6) is 0.297. The van der Waals surface area contributed by atoms with Crippen LogP contribution in [0.3, 0.4) is 0 Å². The molecule has 0 fully saturated rings. The zero-order valence-corrected chi connectivity index (χ0v) is 15.9. The summed E-state index contributed by atoms with van der Waals surface area (Å²) < 4.78 is 1.92. The fraction of sp³-hybridized carbons (Fsp3) is 0.190. The fourth-order valence-corrected chi connectivity index (χ4v) is 3.32. The number of hydrogen-bond acceptors (Lipinski definition) is 5. The lowest BCUT2D eigenvalue weighted by Gasteiger charge is -2.09. The lowest BCUT2D eigenvalue weighted by atomic mass is 9.98. The first-order valence-corrected chi connectivity index (χ1v) is 9.37. The minimum atomic E-state index is -1.01. The number of aromatic amines is 1. The standard InChI is InChI=1S/C21H20N6O2/c1-2-11-27-13-18(21(28)29)22-19(27)12-14-7-9-15(10-8-14)16-5-3-4-6-17(16)20-23-25-26-24-20/h3-10,13H,2,11-12H2,1H3,(H,28,29)(H,23,24,25,26). The maximum absolute atomic E-state index is 11.3. The summed E-state index contributed by atoms with van der Waals surface area (Å²) in [7, 11) is 0. The number of nitrogens with zero attached hydrogens (tertiary/aromatic N) is 5. The van der Waals surface area contributed by atoms with E-state index in [4.69, 9.17) is 0 Å². The van der Waals surface area contributed by atoms with Gasteiger partial charge in [-0.05, 0) is 28.3 Å². The zero-order chi connectivity index (χ0) is 20.2. The van der Waals surface area contributed by atoms with E-state index in [2.05, 4.69) is 32.5 Å². The number of carbonyl (C=O) groups is 1. The molecule has 0 aliphatic heterocycles. The van der Waals surface area contributed by atoms with Gasteiger partial charge in [-0.25, -0.2) is 9.78 Å². The van der Waals surface area contributed by atoms with E-state index in [0.29, 0.717) is 12.2 Å². The molecular formula is C21H20N6O2. The Hall–Kier alpha value is -3.81. The Kier molecular flexibility index (Phi) is 5.15. The first-order chi connectivity index (χ1) is 14.2. The Morgan fingerprint density at radius 2 is 1.86 bits per heavy atom. The monoisotopic (exact) mass is 388 g/mol. The molecule has 0 spiro atoms. The average Bonchev–Trinajstić information content (AvgIpc) is 3.40. The van der Waals surface area contributed by atoms with Crippen molar-refractivity contribution in [3.8, 4) is 22.5 Å². The number of aromatic nitrogens is 6. The van der Waals surface area contributed by atoms with Crippen molar-refractivity contribution >= 4 is 5.97 Å². The maximum atomic E-state index is 11.3. The minimum Gasteiger partial charge on any atom is -0.476 e. The Balaban J connectivity index is 1.61. The highest BCUT2D eigenvalue weighted by Crippen LogP contribution is 2.30. The van der Waals surface area contributed by atoms with Gasteiger partial charge in [0, 0.05) is 24.7 Å². The molecule has 0 aliphatic carbocycles. The molecule has 8 nitrogen and oxygen atoms in total. The van der Waals surface area contributed by atoms with Crippen molar-refractivity contribution in [1.82, 2.24) is 30.2 Å². The van der Waals surface area contributed by atoms with Crippen LogP contribution in [0.15, 0.2) is 54.7 Å². The zero-order valence-electron chi connectivity index (χ0n) is 15.9. The van der Waals surface area contributed by atoms with Crippen LogP contribution in [0.1, 0.15) is 35.2 Å². The van der Waals surface area contributed by atoms with E-state index in [0.717, 1.165) is 41.0 Å². The Morgan fingerprint density at radius 3 is 2.52 bits per heavy atom. The highest BCUT2D eigenvalue weighted by Gasteiger charge is 2.14. The topological polar surface area (TPSA) is 110 Å². The van der Waals surface area contributed by atoms with Crippen molar-refractivity contribution in [3.05, 3.63) is 71.8 Å². The number of carboxylic acids is 1. The predicted molar refractivity (Wildman–Crippen MR) is 107 cm³/mol. The Bertz CT molecular complexity index is 1120. The van der Waals surface area contributed by atoms with Crippen LogP contribution in [0.5, 0.6) is 0 Å². The quantitative estimate of drug-likeness (QED) is 0.502. The molecule has 146 valence electrons. The summed E-state index contributed by atoms with van der Waals surface area (Å²) in [4.78, 5) is 15.5. The van der Waals surface area contributed by atoms with E-state index in [1.807, 2.05) is 53.1 Å². The molecule has 2 aromatic heterocycles. The molecule has 29 heavy (non-hydrogen) atoms. The molecule has 0 atom stereocenters. The summed E-state index contributed by atoms with van der Waals surface area (Å²) in [5.41, 5.74) is 4.10. The molecule has 8 heteroatoms. The number of carboxylic acid groups (broad SMARTS) is 1. The number of nitrogens with one attached hydrogen (secondary N) is 1. The van der Waals surface area contributed by atoms with E-state index >= 15 is 0 Å². The van der Waals surface area contributed by atoms with Crippen LogP contribution in [0, 0.1) is 0 Å². The number of aromatic carboxylic acids is 1. The van der Waals surface area contributed by atoms with Gasteiger partial charge < -0.3 is 9.67 Å². The van der Waals surface area contributed by atoms with Gasteiger partial charge in [-0.3, -0.25) is 0 Å². The molecule has 0 unspecified atom stereocenters. The Morgan fingerprint density at radius 1 is 1.10 bits per heavy atom. The van der Waals surface area contributed by atoms with Crippen molar-refractivity contribution in [2.24, 2.45) is 0 Å². The van der Waals surface area contributed by atoms with Crippen LogP contribution in [-0.2, 0) is 13.0 Å². The van der Waals surface area contributed by atoms with Gasteiger partial charge in [0.2, 0.25) is 5.82 Å². The minimum absolute atomic E-state index is 0.0825. The third-order valence-corrected chi connectivity index (χ3v) is 4.68. The van der Waals surface area contributed by atoms with E-state index in [-0.39, 0.29) is 5.69 Å². The summed E-state index contributed by atoms with van der Waals surface area (Å²) in [5, 5.41) is 23.5. The van der Waals surface area contributed by atoms with Crippen LogP contribution >= 0.6 is 0 Å². The Labute approximate surface area is 167 Å². The van der Waals surface area contributed by atoms with E-state index in [1.165, 1.54) is 0 Å². The van der Waals surface area contributed by atoms with Crippen LogP contribution in [0.25, 0.3) is 22.5 Å². The molecule has 0 saturated heterocycles. The van der Waals surface area contributed by atoms with Crippen molar-refractivity contribution in [1.29, 1.82) is 0 Å². The normalized spacial score (nSPS) is 10.9. The van der Waals surface area contributed by atoms with Gasteiger partial charge >= 0.3 is 5.97 Å². The summed E-state index contributed by atoms with van der Waals surface area (Å²) in [6, 6.07) is 16.1. The lowest BCUT2D eigenvalue weighted by Crippen LogP contribution is -2.03. The SMILES string of the molecule is CCCn1cc(C(=O)O)nc1Cc1ccc(-c2ccccc2-c2nn[nH]n2)cc1. The molecule has 2 heterocycles. The van der Waals surface area contributed by atoms with Crippen LogP contribution in [-0.4, -0.2) is 41.3 Å². The molecule has 0 amide bonds. The molecule has 0 bridgehead atoms. The van der Waals surface area contributed by atoms with Crippen molar-refractivity contribution < 1.29 is 9.90 Å². The molecule has 4 rings (SSSR count). The molecule has 2 N–H and O–H groups in total. The molecule has 2 aromatic carbocycles. The summed E-state index contributed by atoms with van der Waals surface area (Å²) >= 11 is 0. The number of rotatable bonds is 7. The third-order valence-electron chi connectivity index (χ3n) is 4.68. The van der Waals surface area contributed by atoms with Gasteiger partial charge in [-0.15, -0.1) is 10.2 Å². The summed E-state index contributed by atoms with van der Waals surface area (Å²) in [6.07, 6.45) is 3.09. The third kappa shape index (κ3) is 3.91. The van der Waals surface area contributed by atoms with Gasteiger partial charge in [0.1, 0.15) is 5.82 Å². The van der Waals surface area contributed by atoms with Crippen LogP contribution in [0.4, 0.5) is 0 Å². The number of H-pyrrole nitrogens is 1. The van der Waals surface area contributed by atoms with E-state index in [1.54, 1.807) is 6.20 Å². The highest BCUT2D eigenvalue weighted by atomic mass is 16.4. The molecule has 0 radical (unpaired) electrons. The van der Waals surface area contributed by atoms with Crippen LogP contribution in [0.2, 0.25) is 0 Å². The number of imidazole rings is 1. The van der Waals surface area contributed by atoms with Gasteiger partial charge in [0.05, 0.1) is 0 Å². The number of benzene rings is 2. The fourth-order valence-electron chi connectivity index (χ4n) is 3.32. The first kappa shape index (κ1) is 18.5. The molecule has 0 aliphatic rings. The second-order valence-electron chi connectivity index (χ2n) is 6.70. The van der Waals surface area contributed by atoms with Gasteiger partial charge in [-0.1, -0.05) is 55.5 Å². The largest absolute Gasteiger partial charge is 0.476 e. The molecular weight excluding hydrogens is 368 g/mol. The van der Waals surface area contributed by atoms with Crippen molar-refractivity contribution in [2.75, 3.05) is 0 Å². The number of tetrazole rings is 1. The van der Waals surface area contributed by atoms with Gasteiger partial charge in [0.25, 0.3) is 0 Å². The maximum Gasteiger partial charge on any atom is 0.356 e. The van der Waals surface area contributed by atoms with Gasteiger partial charge in [0.15, 0.2) is 5.69 Å². The average molecular weight is 388 g/mol. The second kappa shape index (κ2) is 8.05. The predicted octanol–water partition coefficient (Wildman–Crippen LogP) is 3.43.